The van der Waals surface area contributed by atoms with Crippen molar-refractivity contribution >= 4 is 17.7 Å². The van der Waals surface area contributed by atoms with Crippen LogP contribution in [0.1, 0.15) is 26.3 Å². The molecule has 0 spiro atoms. The molecule has 0 radical (unpaired) electrons. The summed E-state index contributed by atoms with van der Waals surface area (Å²) < 4.78 is 5.26. The molecule has 3 nitrogen and oxygen atoms in total. The average Bonchev–Trinajstić information content (AvgIpc) is 2.18. The van der Waals surface area contributed by atoms with Crippen molar-refractivity contribution in [3.05, 3.63) is 34.9 Å². The number of benzene rings is 1. The third-order valence-electron chi connectivity index (χ3n) is 2.07. The Bertz CT molecular complexity index is 399. The fourth-order valence-corrected chi connectivity index (χ4v) is 1.48. The van der Waals surface area contributed by atoms with E-state index in [0.29, 0.717) is 11.6 Å². The number of hydrogen-bond acceptors (Lipinski definition) is 2. The van der Waals surface area contributed by atoms with Crippen LogP contribution in [0.2, 0.25) is 5.02 Å². The maximum Gasteiger partial charge on any atom is 0.410 e. The molecule has 0 atom stereocenters. The van der Waals surface area contributed by atoms with E-state index in [4.69, 9.17) is 16.3 Å². The molecule has 4 heteroatoms. The van der Waals surface area contributed by atoms with Crippen molar-refractivity contribution in [1.82, 2.24) is 4.90 Å². The molecule has 0 aliphatic carbocycles. The van der Waals surface area contributed by atoms with Crippen LogP contribution in [-0.2, 0) is 11.3 Å². The molecule has 0 heterocycles. The Morgan fingerprint density at radius 2 is 1.94 bits per heavy atom. The van der Waals surface area contributed by atoms with Crippen LogP contribution in [0.4, 0.5) is 4.79 Å². The molecule has 1 aromatic rings. The minimum atomic E-state index is -0.480. The second kappa shape index (κ2) is 5.41. The molecule has 0 saturated heterocycles. The van der Waals surface area contributed by atoms with Gasteiger partial charge >= 0.3 is 6.09 Å². The van der Waals surface area contributed by atoms with Gasteiger partial charge < -0.3 is 9.64 Å². The third-order valence-corrected chi connectivity index (χ3v) is 2.44. The number of amides is 1. The lowest BCUT2D eigenvalue weighted by Crippen LogP contribution is -2.33. The van der Waals surface area contributed by atoms with E-state index in [2.05, 4.69) is 0 Å². The van der Waals surface area contributed by atoms with Crippen LogP contribution >= 0.6 is 11.6 Å². The molecule has 17 heavy (non-hydrogen) atoms. The number of carbonyl (C=O) groups excluding carboxylic acids is 1. The summed E-state index contributed by atoms with van der Waals surface area (Å²) in [5.74, 6) is 0. The summed E-state index contributed by atoms with van der Waals surface area (Å²) in [5, 5.41) is 0.655. The van der Waals surface area contributed by atoms with Crippen LogP contribution in [0.25, 0.3) is 0 Å². The lowest BCUT2D eigenvalue weighted by Gasteiger charge is -2.24. The lowest BCUT2D eigenvalue weighted by atomic mass is 10.2. The van der Waals surface area contributed by atoms with Gasteiger partial charge in [0.25, 0.3) is 0 Å². The molecule has 0 bridgehead atoms. The molecule has 0 unspecified atom stereocenters. The van der Waals surface area contributed by atoms with E-state index >= 15 is 0 Å². The molecular weight excluding hydrogens is 238 g/mol. The van der Waals surface area contributed by atoms with E-state index in [1.807, 2.05) is 39.0 Å². The van der Waals surface area contributed by atoms with E-state index in [1.165, 1.54) is 4.90 Å². The Labute approximate surface area is 107 Å². The fourth-order valence-electron chi connectivity index (χ4n) is 1.29. The topological polar surface area (TPSA) is 29.5 Å². The number of carbonyl (C=O) groups is 1. The Balaban J connectivity index is 2.64. The maximum absolute atomic E-state index is 11.7. The zero-order valence-corrected chi connectivity index (χ0v) is 11.4. The van der Waals surface area contributed by atoms with Gasteiger partial charge in [-0.25, -0.2) is 4.79 Å². The first-order valence-corrected chi connectivity index (χ1v) is 5.85. The van der Waals surface area contributed by atoms with Gasteiger partial charge in [-0.3, -0.25) is 0 Å². The Hall–Kier alpha value is -1.22. The number of nitrogens with zero attached hydrogens (tertiary/aromatic N) is 1. The predicted octanol–water partition coefficient (Wildman–Crippen LogP) is 3.71. The monoisotopic (exact) mass is 255 g/mol. The Kier molecular flexibility index (Phi) is 4.40. The van der Waals surface area contributed by atoms with Gasteiger partial charge in [-0.2, -0.15) is 0 Å². The summed E-state index contributed by atoms with van der Waals surface area (Å²) in [7, 11) is 1.69. The fraction of sp³-hybridized carbons (Fsp3) is 0.462. The van der Waals surface area contributed by atoms with Crippen molar-refractivity contribution in [3.8, 4) is 0 Å². The highest BCUT2D eigenvalue weighted by Gasteiger charge is 2.19. The summed E-state index contributed by atoms with van der Waals surface area (Å²) in [6.45, 7) is 5.96. The SMILES string of the molecule is CN(Cc1ccccc1Cl)C(=O)OC(C)(C)C. The van der Waals surface area contributed by atoms with E-state index in [-0.39, 0.29) is 6.09 Å². The van der Waals surface area contributed by atoms with Crippen LogP contribution < -0.4 is 0 Å². The zero-order chi connectivity index (χ0) is 13.1. The summed E-state index contributed by atoms with van der Waals surface area (Å²) in [6, 6.07) is 7.45. The van der Waals surface area contributed by atoms with Crippen LogP contribution in [-0.4, -0.2) is 23.6 Å². The summed E-state index contributed by atoms with van der Waals surface area (Å²) in [4.78, 5) is 13.2. The second-order valence-corrected chi connectivity index (χ2v) is 5.34. The molecule has 0 N–H and O–H groups in total. The van der Waals surface area contributed by atoms with Gasteiger partial charge in [0.2, 0.25) is 0 Å². The van der Waals surface area contributed by atoms with Crippen molar-refractivity contribution in [2.75, 3.05) is 7.05 Å². The summed E-state index contributed by atoms with van der Waals surface area (Å²) in [5.41, 5.74) is 0.425. The first kappa shape index (κ1) is 13.8. The van der Waals surface area contributed by atoms with E-state index in [0.717, 1.165) is 5.56 Å². The third kappa shape index (κ3) is 4.65. The van der Waals surface area contributed by atoms with E-state index < -0.39 is 5.60 Å². The van der Waals surface area contributed by atoms with Crippen LogP contribution in [0.3, 0.4) is 0 Å². The number of halogens is 1. The molecule has 0 aliphatic rings. The number of rotatable bonds is 2. The second-order valence-electron chi connectivity index (χ2n) is 4.93. The molecule has 1 rings (SSSR count). The van der Waals surface area contributed by atoms with Gasteiger partial charge in [-0.15, -0.1) is 0 Å². The van der Waals surface area contributed by atoms with Crippen molar-refractivity contribution in [1.29, 1.82) is 0 Å². The molecule has 1 aromatic carbocycles. The highest BCUT2D eigenvalue weighted by molar-refractivity contribution is 6.31. The summed E-state index contributed by atoms with van der Waals surface area (Å²) in [6.07, 6.45) is -0.350. The van der Waals surface area contributed by atoms with Gasteiger partial charge in [0, 0.05) is 12.1 Å². The highest BCUT2D eigenvalue weighted by Crippen LogP contribution is 2.17. The maximum atomic E-state index is 11.7. The standard InChI is InChI=1S/C13H18ClNO2/c1-13(2,3)17-12(16)15(4)9-10-7-5-6-8-11(10)14/h5-8H,9H2,1-4H3. The Morgan fingerprint density at radius 3 is 2.47 bits per heavy atom. The van der Waals surface area contributed by atoms with Gasteiger partial charge in [0.05, 0.1) is 6.54 Å². The number of hydrogen-bond donors (Lipinski definition) is 0. The largest absolute Gasteiger partial charge is 0.444 e. The first-order valence-electron chi connectivity index (χ1n) is 5.47. The van der Waals surface area contributed by atoms with Crippen molar-refractivity contribution in [3.63, 3.8) is 0 Å². The van der Waals surface area contributed by atoms with Gasteiger partial charge in [0.1, 0.15) is 5.60 Å². The quantitative estimate of drug-likeness (QED) is 0.806. The molecule has 0 aliphatic heterocycles. The summed E-state index contributed by atoms with van der Waals surface area (Å²) >= 11 is 6.03. The van der Waals surface area contributed by atoms with Gasteiger partial charge in [0.15, 0.2) is 0 Å². The first-order chi connectivity index (χ1) is 7.79. The van der Waals surface area contributed by atoms with Crippen molar-refractivity contribution in [2.45, 2.75) is 32.9 Å². The predicted molar refractivity (Wildman–Crippen MR) is 69.2 cm³/mol. The normalized spacial score (nSPS) is 11.1. The minimum absolute atomic E-state index is 0.350. The van der Waals surface area contributed by atoms with E-state index in [9.17, 15) is 4.79 Å². The average molecular weight is 256 g/mol. The van der Waals surface area contributed by atoms with Crippen LogP contribution in [0.5, 0.6) is 0 Å². The Morgan fingerprint density at radius 1 is 1.35 bits per heavy atom. The van der Waals surface area contributed by atoms with Gasteiger partial charge in [-0.1, -0.05) is 29.8 Å². The molecule has 94 valence electrons. The van der Waals surface area contributed by atoms with Crippen LogP contribution in [0, 0.1) is 0 Å². The number of ether oxygens (including phenoxy) is 1. The molecule has 0 fully saturated rings. The lowest BCUT2D eigenvalue weighted by molar-refractivity contribution is 0.0285. The van der Waals surface area contributed by atoms with Crippen molar-refractivity contribution in [2.24, 2.45) is 0 Å². The zero-order valence-electron chi connectivity index (χ0n) is 10.7. The van der Waals surface area contributed by atoms with Gasteiger partial charge in [-0.05, 0) is 32.4 Å². The molecule has 0 aromatic heterocycles. The smallest absolute Gasteiger partial charge is 0.410 e. The minimum Gasteiger partial charge on any atom is -0.444 e. The van der Waals surface area contributed by atoms with Crippen molar-refractivity contribution < 1.29 is 9.53 Å². The molecule has 1 amide bonds. The van der Waals surface area contributed by atoms with Crippen LogP contribution in [0.15, 0.2) is 24.3 Å². The van der Waals surface area contributed by atoms with E-state index in [1.54, 1.807) is 13.1 Å². The molecule has 0 saturated carbocycles. The highest BCUT2D eigenvalue weighted by atomic mass is 35.5. The molecular formula is C13H18ClNO2.